The van der Waals surface area contributed by atoms with E-state index in [0.717, 1.165) is 0 Å². The number of aromatic nitrogens is 2. The lowest BCUT2D eigenvalue weighted by atomic mass is 10.1. The van der Waals surface area contributed by atoms with Gasteiger partial charge in [-0.15, -0.1) is 0 Å². The summed E-state index contributed by atoms with van der Waals surface area (Å²) in [7, 11) is 0. The van der Waals surface area contributed by atoms with Crippen molar-refractivity contribution in [3.63, 3.8) is 0 Å². The fraction of sp³-hybridized carbons (Fsp3) is 0.231. The fourth-order valence-electron chi connectivity index (χ4n) is 1.95. The van der Waals surface area contributed by atoms with E-state index < -0.39 is 4.92 Å². The Labute approximate surface area is 123 Å². The summed E-state index contributed by atoms with van der Waals surface area (Å²) in [5, 5.41) is 10.9. The average molecular weight is 338 g/mol. The number of halogens is 1. The summed E-state index contributed by atoms with van der Waals surface area (Å²) in [6.07, 6.45) is 1.86. The molecule has 0 saturated carbocycles. The molecular weight excluding hydrogens is 326 g/mol. The highest BCUT2D eigenvalue weighted by Gasteiger charge is 2.13. The lowest BCUT2D eigenvalue weighted by Gasteiger charge is -2.09. The number of aryl methyl sites for hydroxylation is 2. The van der Waals surface area contributed by atoms with Gasteiger partial charge in [0.1, 0.15) is 10.3 Å². The molecule has 1 aromatic heterocycles. The number of nitrogens with zero attached hydrogens (tertiary/aromatic N) is 3. The lowest BCUT2D eigenvalue weighted by molar-refractivity contribution is -0.385. The molecule has 0 radical (unpaired) electrons. The van der Waals surface area contributed by atoms with Crippen LogP contribution in [-0.2, 0) is 13.0 Å². The number of para-hydroxylation sites is 1. The molecule has 0 aliphatic heterocycles. The summed E-state index contributed by atoms with van der Waals surface area (Å²) < 4.78 is 1.88. The molecule has 104 valence electrons. The third kappa shape index (κ3) is 2.93. The van der Waals surface area contributed by atoms with E-state index in [1.54, 1.807) is 25.1 Å². The maximum Gasteiger partial charge on any atom is 0.272 e. The maximum absolute atomic E-state index is 12.0. The van der Waals surface area contributed by atoms with Crippen LogP contribution < -0.4 is 5.56 Å². The van der Waals surface area contributed by atoms with Crippen LogP contribution in [0, 0.1) is 17.0 Å². The van der Waals surface area contributed by atoms with Gasteiger partial charge in [-0.1, -0.05) is 18.2 Å². The van der Waals surface area contributed by atoms with Crippen molar-refractivity contribution in [1.82, 2.24) is 9.55 Å². The first-order valence-electron chi connectivity index (χ1n) is 5.95. The van der Waals surface area contributed by atoms with Crippen LogP contribution in [0.4, 0.5) is 5.69 Å². The Morgan fingerprint density at radius 2 is 2.10 bits per heavy atom. The summed E-state index contributed by atoms with van der Waals surface area (Å²) in [5.41, 5.74) is 0.487. The molecule has 7 heteroatoms. The van der Waals surface area contributed by atoms with Gasteiger partial charge in [-0.25, -0.2) is 4.98 Å². The van der Waals surface area contributed by atoms with E-state index >= 15 is 0 Å². The zero-order chi connectivity index (χ0) is 14.7. The minimum absolute atomic E-state index is 0.0705. The third-order valence-electron chi connectivity index (χ3n) is 3.00. The highest BCUT2D eigenvalue weighted by atomic mass is 79.9. The molecule has 0 fully saturated rings. The second-order valence-electron chi connectivity index (χ2n) is 4.25. The summed E-state index contributed by atoms with van der Waals surface area (Å²) in [4.78, 5) is 26.6. The number of hydrogen-bond donors (Lipinski definition) is 0. The van der Waals surface area contributed by atoms with Gasteiger partial charge in [-0.2, -0.15) is 0 Å². The van der Waals surface area contributed by atoms with Crippen LogP contribution in [0.1, 0.15) is 11.4 Å². The smallest absolute Gasteiger partial charge is 0.272 e. The topological polar surface area (TPSA) is 78.0 Å². The quantitative estimate of drug-likeness (QED) is 0.634. The molecule has 0 aliphatic rings. The van der Waals surface area contributed by atoms with Gasteiger partial charge in [0.15, 0.2) is 0 Å². The number of rotatable bonds is 4. The van der Waals surface area contributed by atoms with Crippen molar-refractivity contribution in [3.05, 3.63) is 66.8 Å². The average Bonchev–Trinajstić information content (AvgIpc) is 2.43. The first kappa shape index (κ1) is 14.4. The Bertz CT molecular complexity index is 712. The minimum Gasteiger partial charge on any atom is -0.296 e. The van der Waals surface area contributed by atoms with Crippen molar-refractivity contribution in [1.29, 1.82) is 0 Å². The molecule has 0 bridgehead atoms. The first-order valence-corrected chi connectivity index (χ1v) is 6.74. The van der Waals surface area contributed by atoms with Gasteiger partial charge >= 0.3 is 0 Å². The van der Waals surface area contributed by atoms with Crippen LogP contribution in [0.15, 0.2) is 39.7 Å². The first-order chi connectivity index (χ1) is 9.50. The molecule has 0 aliphatic carbocycles. The Hall–Kier alpha value is -2.02. The van der Waals surface area contributed by atoms with Crippen LogP contribution in [0.5, 0.6) is 0 Å². The molecule has 20 heavy (non-hydrogen) atoms. The fourth-order valence-corrected chi connectivity index (χ4v) is 2.26. The Morgan fingerprint density at radius 3 is 2.80 bits per heavy atom. The summed E-state index contributed by atoms with van der Waals surface area (Å²) in [6.45, 7) is 2.08. The molecule has 0 N–H and O–H groups in total. The number of hydrogen-bond acceptors (Lipinski definition) is 4. The third-order valence-corrected chi connectivity index (χ3v) is 3.54. The molecule has 1 heterocycles. The van der Waals surface area contributed by atoms with E-state index in [-0.39, 0.29) is 11.2 Å². The van der Waals surface area contributed by atoms with Gasteiger partial charge in [-0.05, 0) is 29.3 Å². The van der Waals surface area contributed by atoms with Gasteiger partial charge in [0.05, 0.1) is 4.92 Å². The highest BCUT2D eigenvalue weighted by molar-refractivity contribution is 9.10. The minimum atomic E-state index is -0.413. The van der Waals surface area contributed by atoms with Crippen LogP contribution in [0.25, 0.3) is 0 Å². The molecule has 0 amide bonds. The van der Waals surface area contributed by atoms with Crippen molar-refractivity contribution in [2.24, 2.45) is 0 Å². The van der Waals surface area contributed by atoms with Crippen molar-refractivity contribution in [2.45, 2.75) is 19.9 Å². The Balaban J connectivity index is 2.29. The van der Waals surface area contributed by atoms with Crippen molar-refractivity contribution in [2.75, 3.05) is 0 Å². The number of benzene rings is 1. The van der Waals surface area contributed by atoms with Crippen molar-refractivity contribution >= 4 is 21.6 Å². The molecular formula is C13H12BrN3O3. The van der Waals surface area contributed by atoms with Crippen molar-refractivity contribution < 1.29 is 4.92 Å². The summed E-state index contributed by atoms with van der Waals surface area (Å²) in [6, 6.07) is 6.53. The predicted molar refractivity (Wildman–Crippen MR) is 77.7 cm³/mol. The molecule has 2 aromatic rings. The summed E-state index contributed by atoms with van der Waals surface area (Å²) in [5.74, 6) is 0.580. The standard InChI is InChI=1S/C13H12BrN3O3/c1-9-15-8-11(14)13(18)16(9)7-6-10-4-2-3-5-12(10)17(19)20/h2-5,8H,6-7H2,1H3. The molecule has 2 rings (SSSR count). The number of nitro groups is 1. The van der Waals surface area contributed by atoms with Gasteiger partial charge in [0, 0.05) is 24.4 Å². The van der Waals surface area contributed by atoms with E-state index in [4.69, 9.17) is 0 Å². The van der Waals surface area contributed by atoms with E-state index in [9.17, 15) is 14.9 Å². The second-order valence-corrected chi connectivity index (χ2v) is 5.10. The van der Waals surface area contributed by atoms with Gasteiger partial charge in [0.2, 0.25) is 0 Å². The Morgan fingerprint density at radius 1 is 1.40 bits per heavy atom. The molecule has 6 nitrogen and oxygen atoms in total. The van der Waals surface area contributed by atoms with Gasteiger partial charge in [-0.3, -0.25) is 19.5 Å². The molecule has 0 saturated heterocycles. The zero-order valence-electron chi connectivity index (χ0n) is 10.7. The molecule has 0 spiro atoms. The van der Waals surface area contributed by atoms with Gasteiger partial charge in [0.25, 0.3) is 11.2 Å². The normalized spacial score (nSPS) is 10.5. The molecule has 0 atom stereocenters. The van der Waals surface area contributed by atoms with Crippen LogP contribution in [0.3, 0.4) is 0 Å². The summed E-state index contributed by atoms with van der Waals surface area (Å²) >= 11 is 3.14. The van der Waals surface area contributed by atoms with Crippen molar-refractivity contribution in [3.8, 4) is 0 Å². The monoisotopic (exact) mass is 337 g/mol. The van der Waals surface area contributed by atoms with E-state index in [0.29, 0.717) is 28.8 Å². The second kappa shape index (κ2) is 5.96. The zero-order valence-corrected chi connectivity index (χ0v) is 12.3. The predicted octanol–water partition coefficient (Wildman–Crippen LogP) is 2.47. The molecule has 0 unspecified atom stereocenters. The van der Waals surface area contributed by atoms with E-state index in [1.807, 2.05) is 0 Å². The maximum atomic E-state index is 12.0. The molecule has 1 aromatic carbocycles. The largest absolute Gasteiger partial charge is 0.296 e. The van der Waals surface area contributed by atoms with E-state index in [1.165, 1.54) is 16.8 Å². The van der Waals surface area contributed by atoms with Gasteiger partial charge < -0.3 is 0 Å². The van der Waals surface area contributed by atoms with Crippen LogP contribution in [-0.4, -0.2) is 14.5 Å². The van der Waals surface area contributed by atoms with Crippen LogP contribution in [0.2, 0.25) is 0 Å². The van der Waals surface area contributed by atoms with E-state index in [2.05, 4.69) is 20.9 Å². The Kier molecular flexibility index (Phi) is 4.29. The lowest BCUT2D eigenvalue weighted by Crippen LogP contribution is -2.25. The number of nitro benzene ring substituents is 1. The highest BCUT2D eigenvalue weighted by Crippen LogP contribution is 2.18. The SMILES string of the molecule is Cc1ncc(Br)c(=O)n1CCc1ccccc1[N+](=O)[O-]. The van der Waals surface area contributed by atoms with Crippen LogP contribution >= 0.6 is 15.9 Å².